The van der Waals surface area contributed by atoms with Crippen molar-refractivity contribution in [3.05, 3.63) is 71.9 Å². The van der Waals surface area contributed by atoms with Crippen LogP contribution >= 0.6 is 0 Å². The highest BCUT2D eigenvalue weighted by Crippen LogP contribution is 2.31. The monoisotopic (exact) mass is 420 g/mol. The fourth-order valence-corrected chi connectivity index (χ4v) is 3.64. The second-order valence-corrected chi connectivity index (χ2v) is 7.23. The first-order valence-corrected chi connectivity index (χ1v) is 10.1. The molecule has 31 heavy (non-hydrogen) atoms. The van der Waals surface area contributed by atoms with Crippen molar-refractivity contribution in [3.63, 3.8) is 0 Å². The van der Waals surface area contributed by atoms with E-state index in [-0.39, 0.29) is 11.9 Å². The molecule has 2 heterocycles. The Morgan fingerprint density at radius 1 is 1.13 bits per heavy atom. The normalized spacial score (nSPS) is 17.3. The third kappa shape index (κ3) is 4.64. The molecule has 1 aromatic heterocycles. The fourth-order valence-electron chi connectivity index (χ4n) is 3.64. The maximum absolute atomic E-state index is 13.3. The number of likely N-dealkylation sites (tertiary alicyclic amines) is 1. The molecule has 1 aliphatic heterocycles. The first-order valence-electron chi connectivity index (χ1n) is 10.1. The van der Waals surface area contributed by atoms with Crippen LogP contribution in [0.1, 0.15) is 34.5 Å². The summed E-state index contributed by atoms with van der Waals surface area (Å²) in [5.74, 6) is 0.824. The minimum Gasteiger partial charge on any atom is -0.399 e. The molecule has 1 atom stereocenters. The Balaban J connectivity index is 1.57. The molecule has 2 aromatic carbocycles. The number of nitrogens with zero attached hydrogens (tertiary/aromatic N) is 4. The molecular formula is C23H24N4O4. The van der Waals surface area contributed by atoms with Gasteiger partial charge in [-0.2, -0.15) is 4.98 Å². The molecule has 1 amide bonds. The molecule has 0 spiro atoms. The summed E-state index contributed by atoms with van der Waals surface area (Å²) in [4.78, 5) is 24.4. The second kappa shape index (κ2) is 9.53. The lowest BCUT2D eigenvalue weighted by Crippen LogP contribution is -2.31. The van der Waals surface area contributed by atoms with E-state index in [2.05, 4.69) is 15.3 Å². The van der Waals surface area contributed by atoms with Gasteiger partial charge in [0.1, 0.15) is 13.2 Å². The number of carbonyl (C=O) groups excluding carboxylic acids is 1. The van der Waals surface area contributed by atoms with Gasteiger partial charge in [0.05, 0.1) is 25.3 Å². The molecule has 1 aliphatic rings. The lowest BCUT2D eigenvalue weighted by atomic mass is 10.0. The van der Waals surface area contributed by atoms with Crippen molar-refractivity contribution in [3.8, 4) is 11.1 Å². The van der Waals surface area contributed by atoms with Crippen molar-refractivity contribution < 1.29 is 18.9 Å². The van der Waals surface area contributed by atoms with E-state index in [1.54, 1.807) is 12.0 Å². The van der Waals surface area contributed by atoms with Gasteiger partial charge in [-0.15, -0.1) is 0 Å². The molecule has 0 N–H and O–H groups in total. The number of amides is 1. The predicted octanol–water partition coefficient (Wildman–Crippen LogP) is 3.52. The molecule has 8 nitrogen and oxygen atoms in total. The number of hydrogen-bond acceptors (Lipinski definition) is 7. The van der Waals surface area contributed by atoms with Crippen molar-refractivity contribution in [1.29, 1.82) is 0 Å². The smallest absolute Gasteiger partial charge is 0.254 e. The second-order valence-electron chi connectivity index (χ2n) is 7.23. The maximum atomic E-state index is 13.3. The number of benzene rings is 2. The van der Waals surface area contributed by atoms with Crippen molar-refractivity contribution in [1.82, 2.24) is 15.0 Å². The minimum absolute atomic E-state index is 0.117. The van der Waals surface area contributed by atoms with Crippen LogP contribution in [0.2, 0.25) is 0 Å². The lowest BCUT2D eigenvalue weighted by Gasteiger charge is -2.21. The van der Waals surface area contributed by atoms with Crippen LogP contribution in [0.5, 0.6) is 0 Å². The van der Waals surface area contributed by atoms with E-state index in [0.29, 0.717) is 43.3 Å². The van der Waals surface area contributed by atoms with E-state index in [0.717, 1.165) is 16.8 Å². The number of aromatic nitrogens is 2. The van der Waals surface area contributed by atoms with Crippen LogP contribution in [0, 0.1) is 0 Å². The largest absolute Gasteiger partial charge is 0.399 e. The number of carbonyl (C=O) groups is 1. The Hall–Kier alpha value is -3.52. The average Bonchev–Trinajstić information content (AvgIpc) is 3.45. The van der Waals surface area contributed by atoms with Crippen molar-refractivity contribution in [2.75, 3.05) is 27.4 Å². The number of hydrogen-bond donors (Lipinski definition) is 0. The van der Waals surface area contributed by atoms with Gasteiger partial charge in [0.2, 0.25) is 5.89 Å². The zero-order chi connectivity index (χ0) is 21.6. The average molecular weight is 420 g/mol. The number of ether oxygens (including phenoxy) is 1. The first kappa shape index (κ1) is 20.7. The zero-order valence-electron chi connectivity index (χ0n) is 17.5. The summed E-state index contributed by atoms with van der Waals surface area (Å²) in [6.07, 6.45) is 1.01. The SMILES string of the molecule is COCCc1nc([C@@H]2CC(=NOC)CN2C(=O)c2ccc(-c3ccccc3)cc2)no1. The van der Waals surface area contributed by atoms with Crippen molar-refractivity contribution in [2.45, 2.75) is 18.9 Å². The van der Waals surface area contributed by atoms with E-state index >= 15 is 0 Å². The molecule has 4 rings (SSSR count). The van der Waals surface area contributed by atoms with E-state index < -0.39 is 0 Å². The topological polar surface area (TPSA) is 90.1 Å². The Bertz CT molecular complexity index is 1050. The van der Waals surface area contributed by atoms with Crippen LogP contribution in [-0.2, 0) is 16.0 Å². The molecule has 0 aliphatic carbocycles. The fraction of sp³-hybridized carbons (Fsp3) is 0.304. The van der Waals surface area contributed by atoms with Crippen LogP contribution in [-0.4, -0.2) is 54.0 Å². The zero-order valence-corrected chi connectivity index (χ0v) is 17.5. The molecule has 1 fully saturated rings. The molecule has 1 saturated heterocycles. The van der Waals surface area contributed by atoms with E-state index in [4.69, 9.17) is 14.1 Å². The Kier molecular flexibility index (Phi) is 6.37. The lowest BCUT2D eigenvalue weighted by molar-refractivity contribution is 0.0732. The molecule has 0 radical (unpaired) electrons. The first-order chi connectivity index (χ1) is 15.2. The molecule has 0 saturated carbocycles. The van der Waals surface area contributed by atoms with Crippen molar-refractivity contribution in [2.24, 2.45) is 5.16 Å². The van der Waals surface area contributed by atoms with Crippen LogP contribution in [0.15, 0.2) is 64.3 Å². The highest BCUT2D eigenvalue weighted by molar-refractivity contribution is 6.00. The van der Waals surface area contributed by atoms with Gasteiger partial charge in [0.15, 0.2) is 5.82 Å². The van der Waals surface area contributed by atoms with Crippen LogP contribution in [0.25, 0.3) is 11.1 Å². The van der Waals surface area contributed by atoms with E-state index in [1.807, 2.05) is 54.6 Å². The van der Waals surface area contributed by atoms with Crippen LogP contribution < -0.4 is 0 Å². The number of rotatable bonds is 7. The summed E-state index contributed by atoms with van der Waals surface area (Å²) in [5.41, 5.74) is 3.50. The van der Waals surface area contributed by atoms with Gasteiger partial charge >= 0.3 is 0 Å². The van der Waals surface area contributed by atoms with Crippen LogP contribution in [0.3, 0.4) is 0 Å². The highest BCUT2D eigenvalue weighted by atomic mass is 16.6. The summed E-state index contributed by atoms with van der Waals surface area (Å²) in [6.45, 7) is 0.832. The molecule has 160 valence electrons. The third-order valence-electron chi connectivity index (χ3n) is 5.18. The van der Waals surface area contributed by atoms with Gasteiger partial charge in [0, 0.05) is 19.1 Å². The van der Waals surface area contributed by atoms with Gasteiger partial charge in [-0.05, 0) is 23.3 Å². The van der Waals surface area contributed by atoms with Gasteiger partial charge in [-0.25, -0.2) is 0 Å². The third-order valence-corrected chi connectivity index (χ3v) is 5.18. The van der Waals surface area contributed by atoms with E-state index in [9.17, 15) is 4.79 Å². The maximum Gasteiger partial charge on any atom is 0.254 e. The summed E-state index contributed by atoms with van der Waals surface area (Å²) in [6, 6.07) is 17.3. The number of methoxy groups -OCH3 is 1. The number of oxime groups is 1. The molecule has 3 aromatic rings. The summed E-state index contributed by atoms with van der Waals surface area (Å²) >= 11 is 0. The Morgan fingerprint density at radius 3 is 2.58 bits per heavy atom. The van der Waals surface area contributed by atoms with Gasteiger partial charge in [-0.3, -0.25) is 4.79 Å². The van der Waals surface area contributed by atoms with Gasteiger partial charge in [0.25, 0.3) is 5.91 Å². The Morgan fingerprint density at radius 2 is 1.87 bits per heavy atom. The van der Waals surface area contributed by atoms with Crippen molar-refractivity contribution >= 4 is 11.6 Å². The molecular weight excluding hydrogens is 396 g/mol. The molecule has 0 unspecified atom stereocenters. The van der Waals surface area contributed by atoms with Crippen LogP contribution in [0.4, 0.5) is 0 Å². The van der Waals surface area contributed by atoms with E-state index in [1.165, 1.54) is 7.11 Å². The molecule has 8 heteroatoms. The Labute approximate surface area is 180 Å². The van der Waals surface area contributed by atoms with Gasteiger partial charge < -0.3 is 19.0 Å². The quantitative estimate of drug-likeness (QED) is 0.543. The summed E-state index contributed by atoms with van der Waals surface area (Å²) in [5, 5.41) is 8.15. The summed E-state index contributed by atoms with van der Waals surface area (Å²) < 4.78 is 10.4. The van der Waals surface area contributed by atoms with Gasteiger partial charge in [-0.1, -0.05) is 52.8 Å². The molecule has 0 bridgehead atoms. The highest BCUT2D eigenvalue weighted by Gasteiger charge is 2.37. The minimum atomic E-state index is -0.366. The standard InChI is InChI=1S/C23H24N4O4/c1-29-13-12-21-24-22(26-31-21)20-14-19(25-30-2)15-27(20)23(28)18-10-8-17(9-11-18)16-6-4-3-5-7-16/h3-11,20H,12-15H2,1-2H3/t20-/m0/s1. The summed E-state index contributed by atoms with van der Waals surface area (Å²) in [7, 11) is 3.11. The predicted molar refractivity (Wildman–Crippen MR) is 115 cm³/mol.